The first kappa shape index (κ1) is 26.7. The summed E-state index contributed by atoms with van der Waals surface area (Å²) < 4.78 is 29.5. The van der Waals surface area contributed by atoms with E-state index in [9.17, 15) is 23.1 Å². The Morgan fingerprint density at radius 1 is 1.29 bits per heavy atom. The van der Waals surface area contributed by atoms with Crippen LogP contribution < -0.4 is 21.5 Å². The minimum Gasteiger partial charge on any atom is -0.480 e. The molecule has 4 atom stereocenters. The zero-order chi connectivity index (χ0) is 25.8. The van der Waals surface area contributed by atoms with Crippen LogP contribution in [0.1, 0.15) is 45.1 Å². The summed E-state index contributed by atoms with van der Waals surface area (Å²) in [6, 6.07) is 2.94. The Kier molecular flexibility index (Phi) is 8.60. The first-order chi connectivity index (χ1) is 16.5. The number of guanidine groups is 1. The second-order valence-electron chi connectivity index (χ2n) is 9.62. The van der Waals surface area contributed by atoms with Crippen LogP contribution in [0.4, 0.5) is 5.69 Å². The SMILES string of the molecule is CC1CNc2c(cccc2S(=O)(=O)N[C@@H](CCCN=C(N)N)C(=O)N2CC[C@@H](C)C[C@H]2C(=O)O)C1. The van der Waals surface area contributed by atoms with Gasteiger partial charge in [-0.2, -0.15) is 4.72 Å². The van der Waals surface area contributed by atoms with Crippen molar-refractivity contribution in [3.8, 4) is 0 Å². The number of hydrogen-bond acceptors (Lipinski definition) is 6. The number of fused-ring (bicyclic) bond motifs is 1. The molecule has 2 aliphatic rings. The molecule has 0 bridgehead atoms. The number of anilines is 1. The molecule has 11 nitrogen and oxygen atoms in total. The van der Waals surface area contributed by atoms with E-state index in [1.165, 1.54) is 11.0 Å². The standard InChI is InChI=1S/C23H36N6O5S/c1-14-8-10-29(18(12-14)22(31)32)21(30)17(6-4-9-26-23(24)25)28-35(33,34)19-7-3-5-16-11-15(2)13-27-20(16)19/h3,5,7,14-15,17-18,27-28H,4,6,8-13H2,1-2H3,(H,31,32)(H4,24,25,26)/t14-,15?,17+,18+/m1/s1. The quantitative estimate of drug-likeness (QED) is 0.184. The van der Waals surface area contributed by atoms with Gasteiger partial charge in [-0.1, -0.05) is 26.0 Å². The van der Waals surface area contributed by atoms with Gasteiger partial charge >= 0.3 is 5.97 Å². The van der Waals surface area contributed by atoms with Crippen LogP contribution in [0.25, 0.3) is 0 Å². The molecule has 2 heterocycles. The number of para-hydroxylation sites is 1. The number of carbonyl (C=O) groups is 2. The summed E-state index contributed by atoms with van der Waals surface area (Å²) in [5.74, 6) is -1.22. The van der Waals surface area contributed by atoms with Crippen LogP contribution in [0.2, 0.25) is 0 Å². The summed E-state index contributed by atoms with van der Waals surface area (Å²) in [7, 11) is -4.10. The number of carboxylic acid groups (broad SMARTS) is 1. The smallest absolute Gasteiger partial charge is 0.326 e. The van der Waals surface area contributed by atoms with Crippen LogP contribution in [-0.4, -0.2) is 68.0 Å². The number of aliphatic imine (C=N–C) groups is 1. The molecule has 1 fully saturated rings. The number of nitrogens with zero attached hydrogens (tertiary/aromatic N) is 2. The Morgan fingerprint density at radius 2 is 2.03 bits per heavy atom. The molecule has 1 saturated heterocycles. The molecule has 35 heavy (non-hydrogen) atoms. The van der Waals surface area contributed by atoms with Crippen LogP contribution in [0.15, 0.2) is 28.1 Å². The number of nitrogens with two attached hydrogens (primary N) is 2. The van der Waals surface area contributed by atoms with E-state index in [2.05, 4.69) is 22.0 Å². The lowest BCUT2D eigenvalue weighted by Crippen LogP contribution is -2.56. The van der Waals surface area contributed by atoms with Crippen molar-refractivity contribution < 1.29 is 23.1 Å². The van der Waals surface area contributed by atoms with Crippen LogP contribution >= 0.6 is 0 Å². The molecule has 1 unspecified atom stereocenters. The largest absolute Gasteiger partial charge is 0.480 e. The topological polar surface area (TPSA) is 180 Å². The van der Waals surface area contributed by atoms with Crippen LogP contribution in [0, 0.1) is 11.8 Å². The number of aliphatic carboxylic acids is 1. The van der Waals surface area contributed by atoms with E-state index < -0.39 is 34.0 Å². The lowest BCUT2D eigenvalue weighted by Gasteiger charge is -2.38. The van der Waals surface area contributed by atoms with E-state index in [0.717, 1.165) is 12.0 Å². The number of rotatable bonds is 9. The highest BCUT2D eigenvalue weighted by atomic mass is 32.2. The molecule has 0 aromatic heterocycles. The number of likely N-dealkylation sites (tertiary alicyclic amines) is 1. The average Bonchev–Trinajstić information content (AvgIpc) is 2.79. The lowest BCUT2D eigenvalue weighted by atomic mass is 9.91. The summed E-state index contributed by atoms with van der Waals surface area (Å²) in [5, 5.41) is 12.9. The van der Waals surface area contributed by atoms with Gasteiger partial charge in [-0.05, 0) is 55.6 Å². The number of hydrogen-bond donors (Lipinski definition) is 5. The molecule has 194 valence electrons. The highest BCUT2D eigenvalue weighted by molar-refractivity contribution is 7.89. The Bertz CT molecular complexity index is 1070. The monoisotopic (exact) mass is 508 g/mol. The maximum absolute atomic E-state index is 13.5. The van der Waals surface area contributed by atoms with Crippen molar-refractivity contribution in [3.63, 3.8) is 0 Å². The molecule has 0 aliphatic carbocycles. The van der Waals surface area contributed by atoms with Crippen LogP contribution in [-0.2, 0) is 26.0 Å². The number of nitrogens with one attached hydrogen (secondary N) is 2. The lowest BCUT2D eigenvalue weighted by molar-refractivity contribution is -0.153. The fourth-order valence-corrected chi connectivity index (χ4v) is 6.17. The number of amides is 1. The highest BCUT2D eigenvalue weighted by Crippen LogP contribution is 2.31. The molecule has 0 saturated carbocycles. The number of carboxylic acids is 1. The summed E-state index contributed by atoms with van der Waals surface area (Å²) in [5.41, 5.74) is 12.2. The fraction of sp³-hybridized carbons (Fsp3) is 0.609. The van der Waals surface area contributed by atoms with Crippen molar-refractivity contribution in [1.29, 1.82) is 0 Å². The molecule has 0 radical (unpaired) electrons. The van der Waals surface area contributed by atoms with Gasteiger partial charge in [0.1, 0.15) is 17.0 Å². The predicted octanol–water partition coefficient (Wildman–Crippen LogP) is 0.703. The van der Waals surface area contributed by atoms with Crippen LogP contribution in [0.3, 0.4) is 0 Å². The minimum absolute atomic E-state index is 0.0750. The molecular formula is C23H36N6O5S. The number of sulfonamides is 1. The van der Waals surface area contributed by atoms with Gasteiger partial charge in [-0.3, -0.25) is 9.79 Å². The summed E-state index contributed by atoms with van der Waals surface area (Å²) in [6.07, 6.45) is 2.17. The number of piperidine rings is 1. The van der Waals surface area contributed by atoms with Crippen molar-refractivity contribution in [2.45, 2.75) is 62.9 Å². The van der Waals surface area contributed by atoms with Crippen molar-refractivity contribution in [2.75, 3.05) is 25.0 Å². The maximum Gasteiger partial charge on any atom is 0.326 e. The van der Waals surface area contributed by atoms with Crippen molar-refractivity contribution in [1.82, 2.24) is 9.62 Å². The molecule has 3 rings (SSSR count). The van der Waals surface area contributed by atoms with E-state index in [1.54, 1.807) is 6.07 Å². The van der Waals surface area contributed by atoms with Crippen molar-refractivity contribution in [2.24, 2.45) is 28.3 Å². The van der Waals surface area contributed by atoms with Gasteiger partial charge in [0.25, 0.3) is 0 Å². The molecule has 7 N–H and O–H groups in total. The van der Waals surface area contributed by atoms with Gasteiger partial charge in [-0.15, -0.1) is 0 Å². The minimum atomic E-state index is -4.10. The van der Waals surface area contributed by atoms with Crippen LogP contribution in [0.5, 0.6) is 0 Å². The van der Waals surface area contributed by atoms with E-state index in [-0.39, 0.29) is 36.3 Å². The van der Waals surface area contributed by atoms with Gasteiger partial charge in [0.15, 0.2) is 5.96 Å². The molecule has 1 amide bonds. The third-order valence-electron chi connectivity index (χ3n) is 6.57. The zero-order valence-electron chi connectivity index (χ0n) is 20.2. The Labute approximate surface area is 206 Å². The second kappa shape index (κ2) is 11.3. The summed E-state index contributed by atoms with van der Waals surface area (Å²) >= 11 is 0. The van der Waals surface area contributed by atoms with Crippen molar-refractivity contribution >= 4 is 33.5 Å². The first-order valence-electron chi connectivity index (χ1n) is 12.0. The molecule has 12 heteroatoms. The average molecular weight is 509 g/mol. The third-order valence-corrected chi connectivity index (χ3v) is 8.09. The van der Waals surface area contributed by atoms with E-state index in [4.69, 9.17) is 11.5 Å². The zero-order valence-corrected chi connectivity index (χ0v) is 21.1. The normalized spacial score (nSPS) is 23.0. The maximum atomic E-state index is 13.5. The van der Waals surface area contributed by atoms with Gasteiger partial charge in [0, 0.05) is 19.6 Å². The summed E-state index contributed by atoms with van der Waals surface area (Å²) in [6.45, 7) is 5.14. The molecule has 1 aromatic rings. The van der Waals surface area contributed by atoms with E-state index in [0.29, 0.717) is 37.4 Å². The van der Waals surface area contributed by atoms with E-state index >= 15 is 0 Å². The van der Waals surface area contributed by atoms with Gasteiger partial charge in [-0.25, -0.2) is 13.2 Å². The summed E-state index contributed by atoms with van der Waals surface area (Å²) in [4.78, 5) is 30.7. The van der Waals surface area contributed by atoms with Gasteiger partial charge < -0.3 is 26.8 Å². The third kappa shape index (κ3) is 6.63. The second-order valence-corrected chi connectivity index (χ2v) is 11.3. The first-order valence-corrected chi connectivity index (χ1v) is 13.4. The molecular weight excluding hydrogens is 472 g/mol. The fourth-order valence-electron chi connectivity index (χ4n) is 4.72. The Hall–Kier alpha value is -2.86. The Balaban J connectivity index is 1.88. The highest BCUT2D eigenvalue weighted by Gasteiger charge is 2.39. The Morgan fingerprint density at radius 3 is 2.71 bits per heavy atom. The molecule has 0 spiro atoms. The van der Waals surface area contributed by atoms with Crippen molar-refractivity contribution in [3.05, 3.63) is 23.8 Å². The van der Waals surface area contributed by atoms with Gasteiger partial charge in [0.05, 0.1) is 5.69 Å². The molecule has 2 aliphatic heterocycles. The van der Waals surface area contributed by atoms with E-state index in [1.807, 2.05) is 13.0 Å². The van der Waals surface area contributed by atoms with Gasteiger partial charge in [0.2, 0.25) is 15.9 Å². The molecule has 1 aromatic carbocycles. The number of carbonyl (C=O) groups excluding carboxylic acids is 1. The number of benzene rings is 1. The predicted molar refractivity (Wildman–Crippen MR) is 133 cm³/mol.